The first kappa shape index (κ1) is 12.9. The number of hydrogen-bond acceptors (Lipinski definition) is 3. The molecule has 2 aromatic heterocycles. The van der Waals surface area contributed by atoms with E-state index in [1.165, 1.54) is 36.6 Å². The molecule has 5 heteroatoms. The van der Waals surface area contributed by atoms with E-state index in [9.17, 15) is 13.6 Å². The summed E-state index contributed by atoms with van der Waals surface area (Å²) in [4.78, 5) is 16.4. The molecule has 2 nitrogen and oxygen atoms in total. The van der Waals surface area contributed by atoms with Crippen LogP contribution in [-0.2, 0) is 0 Å². The molecule has 3 aromatic rings. The van der Waals surface area contributed by atoms with Crippen molar-refractivity contribution in [1.82, 2.24) is 4.98 Å². The van der Waals surface area contributed by atoms with E-state index in [0.29, 0.717) is 0 Å². The van der Waals surface area contributed by atoms with Gasteiger partial charge in [-0.15, -0.1) is 11.3 Å². The number of aryl methyl sites for hydroxylation is 1. The molecule has 1 aromatic carbocycles. The van der Waals surface area contributed by atoms with Gasteiger partial charge in [-0.25, -0.2) is 8.78 Å². The Labute approximate surface area is 117 Å². The topological polar surface area (TPSA) is 30.0 Å². The fourth-order valence-corrected chi connectivity index (χ4v) is 2.73. The minimum absolute atomic E-state index is 0.172. The van der Waals surface area contributed by atoms with Gasteiger partial charge in [-0.1, -0.05) is 6.07 Å². The summed E-state index contributed by atoms with van der Waals surface area (Å²) in [5.74, 6) is -2.66. The van der Waals surface area contributed by atoms with Crippen LogP contribution in [-0.4, -0.2) is 10.8 Å². The van der Waals surface area contributed by atoms with E-state index in [2.05, 4.69) is 4.98 Å². The summed E-state index contributed by atoms with van der Waals surface area (Å²) in [7, 11) is 0. The SMILES string of the molecule is Cc1ccc(C(=O)c2cnc3ccsc3c2)c(F)c1F. The van der Waals surface area contributed by atoms with E-state index in [0.717, 1.165) is 10.2 Å². The normalized spacial score (nSPS) is 10.9. The lowest BCUT2D eigenvalue weighted by atomic mass is 10.0. The highest BCUT2D eigenvalue weighted by molar-refractivity contribution is 7.17. The molecule has 2 heterocycles. The predicted octanol–water partition coefficient (Wildman–Crippen LogP) is 4.11. The van der Waals surface area contributed by atoms with Crippen molar-refractivity contribution in [2.45, 2.75) is 6.92 Å². The zero-order valence-corrected chi connectivity index (χ0v) is 11.3. The fraction of sp³-hybridized carbons (Fsp3) is 0.0667. The average Bonchev–Trinajstić information content (AvgIpc) is 2.91. The number of carbonyl (C=O) groups is 1. The largest absolute Gasteiger partial charge is 0.288 e. The molecular weight excluding hydrogens is 280 g/mol. The summed E-state index contributed by atoms with van der Waals surface area (Å²) in [6.45, 7) is 1.45. The molecule has 0 aliphatic heterocycles. The molecule has 0 saturated carbocycles. The third-order valence-corrected chi connectivity index (χ3v) is 3.94. The number of halogens is 2. The van der Waals surface area contributed by atoms with Gasteiger partial charge in [0.2, 0.25) is 0 Å². The summed E-state index contributed by atoms with van der Waals surface area (Å²) in [6.07, 6.45) is 1.38. The van der Waals surface area contributed by atoms with Crippen molar-refractivity contribution in [2.75, 3.05) is 0 Å². The van der Waals surface area contributed by atoms with E-state index in [4.69, 9.17) is 0 Å². The number of hydrogen-bond donors (Lipinski definition) is 0. The monoisotopic (exact) mass is 289 g/mol. The van der Waals surface area contributed by atoms with Crippen LogP contribution in [0.25, 0.3) is 10.2 Å². The first-order valence-corrected chi connectivity index (χ1v) is 6.78. The van der Waals surface area contributed by atoms with Crippen molar-refractivity contribution < 1.29 is 13.6 Å². The molecule has 0 radical (unpaired) electrons. The highest BCUT2D eigenvalue weighted by atomic mass is 32.1. The van der Waals surface area contributed by atoms with E-state index < -0.39 is 17.4 Å². The Balaban J connectivity index is 2.10. The van der Waals surface area contributed by atoms with Gasteiger partial charge in [-0.05, 0) is 36.1 Å². The number of pyridine rings is 1. The smallest absolute Gasteiger partial charge is 0.197 e. The second kappa shape index (κ2) is 4.76. The van der Waals surface area contributed by atoms with Crippen LogP contribution in [0.15, 0.2) is 35.8 Å². The minimum atomic E-state index is -1.11. The number of benzene rings is 1. The third kappa shape index (κ3) is 2.00. The van der Waals surface area contributed by atoms with Crippen LogP contribution >= 0.6 is 11.3 Å². The number of aromatic nitrogens is 1. The summed E-state index contributed by atoms with van der Waals surface area (Å²) < 4.78 is 28.2. The van der Waals surface area contributed by atoms with Crippen LogP contribution in [0.1, 0.15) is 21.5 Å². The molecule has 0 unspecified atom stereocenters. The molecule has 0 amide bonds. The minimum Gasteiger partial charge on any atom is -0.288 e. The van der Waals surface area contributed by atoms with Gasteiger partial charge in [0.1, 0.15) is 0 Å². The molecule has 3 rings (SSSR count). The first-order valence-electron chi connectivity index (χ1n) is 5.90. The molecule has 0 aliphatic rings. The van der Waals surface area contributed by atoms with Gasteiger partial charge in [0.25, 0.3) is 0 Å². The standard InChI is InChI=1S/C15H9F2NOS/c1-8-2-3-10(14(17)13(8)16)15(19)9-6-12-11(18-7-9)4-5-20-12/h2-7H,1H3. The second-order valence-corrected chi connectivity index (χ2v) is 5.36. The van der Waals surface area contributed by atoms with Crippen LogP contribution in [0, 0.1) is 18.6 Å². The van der Waals surface area contributed by atoms with Gasteiger partial charge in [0.15, 0.2) is 17.4 Å². The van der Waals surface area contributed by atoms with Gasteiger partial charge < -0.3 is 0 Å². The Hall–Kier alpha value is -2.14. The Kier molecular flexibility index (Phi) is 3.06. The fourth-order valence-electron chi connectivity index (χ4n) is 1.95. The van der Waals surface area contributed by atoms with E-state index >= 15 is 0 Å². The third-order valence-electron chi connectivity index (χ3n) is 3.08. The lowest BCUT2D eigenvalue weighted by molar-refractivity contribution is 0.103. The first-order chi connectivity index (χ1) is 9.58. The van der Waals surface area contributed by atoms with Gasteiger partial charge in [0, 0.05) is 11.8 Å². The number of fused-ring (bicyclic) bond motifs is 1. The number of rotatable bonds is 2. The molecule has 0 atom stereocenters. The molecule has 0 saturated heterocycles. The lowest BCUT2D eigenvalue weighted by Crippen LogP contribution is -2.07. The van der Waals surface area contributed by atoms with Crippen LogP contribution in [0.5, 0.6) is 0 Å². The number of nitrogens with zero attached hydrogens (tertiary/aromatic N) is 1. The second-order valence-electron chi connectivity index (χ2n) is 4.42. The Morgan fingerprint density at radius 3 is 2.80 bits per heavy atom. The number of thiophene rings is 1. The highest BCUT2D eigenvalue weighted by Gasteiger charge is 2.19. The molecule has 0 bridgehead atoms. The Bertz CT molecular complexity index is 826. The van der Waals surface area contributed by atoms with E-state index in [1.54, 1.807) is 6.07 Å². The van der Waals surface area contributed by atoms with Crippen LogP contribution in [0.2, 0.25) is 0 Å². The van der Waals surface area contributed by atoms with E-state index in [1.807, 2.05) is 11.4 Å². The zero-order valence-electron chi connectivity index (χ0n) is 10.5. The number of ketones is 1. The predicted molar refractivity (Wildman–Crippen MR) is 74.1 cm³/mol. The van der Waals surface area contributed by atoms with Gasteiger partial charge >= 0.3 is 0 Å². The maximum absolute atomic E-state index is 13.8. The molecule has 0 fully saturated rings. The van der Waals surface area contributed by atoms with Crippen molar-refractivity contribution in [3.63, 3.8) is 0 Å². The quantitative estimate of drug-likeness (QED) is 0.664. The molecule has 0 N–H and O–H groups in total. The molecule has 0 spiro atoms. The molecule has 100 valence electrons. The lowest BCUT2D eigenvalue weighted by Gasteiger charge is -2.05. The molecular formula is C15H9F2NOS. The van der Waals surface area contributed by atoms with Crippen molar-refractivity contribution >= 4 is 27.3 Å². The maximum atomic E-state index is 13.8. The van der Waals surface area contributed by atoms with Gasteiger partial charge in [-0.3, -0.25) is 9.78 Å². The van der Waals surface area contributed by atoms with Gasteiger partial charge in [0.05, 0.1) is 15.8 Å². The summed E-state index contributed by atoms with van der Waals surface area (Å²) >= 11 is 1.44. The average molecular weight is 289 g/mol. The Morgan fingerprint density at radius 2 is 2.00 bits per heavy atom. The Morgan fingerprint density at radius 1 is 1.20 bits per heavy atom. The number of carbonyl (C=O) groups excluding carboxylic acids is 1. The summed E-state index contributed by atoms with van der Waals surface area (Å²) in [6, 6.07) is 6.17. The summed E-state index contributed by atoms with van der Waals surface area (Å²) in [5.41, 5.74) is 0.931. The van der Waals surface area contributed by atoms with Crippen LogP contribution < -0.4 is 0 Å². The molecule has 0 aliphatic carbocycles. The van der Waals surface area contributed by atoms with E-state index in [-0.39, 0.29) is 16.7 Å². The van der Waals surface area contributed by atoms with Crippen LogP contribution in [0.4, 0.5) is 8.78 Å². The summed E-state index contributed by atoms with van der Waals surface area (Å²) in [5, 5.41) is 1.86. The highest BCUT2D eigenvalue weighted by Crippen LogP contribution is 2.23. The van der Waals surface area contributed by atoms with Crippen molar-refractivity contribution in [2.24, 2.45) is 0 Å². The molecule has 20 heavy (non-hydrogen) atoms. The maximum Gasteiger partial charge on any atom is 0.197 e. The van der Waals surface area contributed by atoms with Gasteiger partial charge in [-0.2, -0.15) is 0 Å². The zero-order chi connectivity index (χ0) is 14.3. The van der Waals surface area contributed by atoms with Crippen LogP contribution in [0.3, 0.4) is 0 Å². The van der Waals surface area contributed by atoms with Crippen molar-refractivity contribution in [3.8, 4) is 0 Å². The van der Waals surface area contributed by atoms with Crippen molar-refractivity contribution in [1.29, 1.82) is 0 Å². The van der Waals surface area contributed by atoms with Crippen molar-refractivity contribution in [3.05, 3.63) is 64.2 Å².